The van der Waals surface area contributed by atoms with Crippen molar-refractivity contribution in [1.82, 2.24) is 0 Å². The summed E-state index contributed by atoms with van der Waals surface area (Å²) in [5.41, 5.74) is 8.08. The summed E-state index contributed by atoms with van der Waals surface area (Å²) in [5, 5.41) is 0. The Hall–Kier alpha value is -1.02. The standard InChI is InChI=1S/C14H21NO/c1-11-3-2-4-13(7-9-15)14(11)16-10-8-12-5-6-12/h2-4,12H,5-10,15H2,1H3. The fraction of sp³-hybridized carbons (Fsp3) is 0.571. The van der Waals surface area contributed by atoms with E-state index in [0.717, 1.165) is 24.7 Å². The molecule has 1 fully saturated rings. The first kappa shape index (κ1) is 11.5. The van der Waals surface area contributed by atoms with Gasteiger partial charge in [-0.1, -0.05) is 31.0 Å². The second-order valence-corrected chi connectivity index (χ2v) is 4.68. The summed E-state index contributed by atoms with van der Waals surface area (Å²) in [5.74, 6) is 2.00. The smallest absolute Gasteiger partial charge is 0.125 e. The molecule has 0 atom stereocenters. The molecular formula is C14H21NO. The molecule has 0 bridgehead atoms. The molecule has 88 valence electrons. The van der Waals surface area contributed by atoms with Crippen LogP contribution in [0.4, 0.5) is 0 Å². The van der Waals surface area contributed by atoms with Crippen LogP contribution < -0.4 is 10.5 Å². The topological polar surface area (TPSA) is 35.2 Å². The van der Waals surface area contributed by atoms with Crippen molar-refractivity contribution >= 4 is 0 Å². The highest BCUT2D eigenvalue weighted by molar-refractivity contribution is 5.40. The van der Waals surface area contributed by atoms with Crippen LogP contribution >= 0.6 is 0 Å². The number of aryl methyl sites for hydroxylation is 1. The maximum atomic E-state index is 5.92. The average Bonchev–Trinajstić information content (AvgIpc) is 3.06. The van der Waals surface area contributed by atoms with E-state index in [1.807, 2.05) is 0 Å². The lowest BCUT2D eigenvalue weighted by Gasteiger charge is -2.13. The fourth-order valence-electron chi connectivity index (χ4n) is 2.01. The Morgan fingerprint density at radius 3 is 2.88 bits per heavy atom. The van der Waals surface area contributed by atoms with Crippen molar-refractivity contribution in [2.24, 2.45) is 11.7 Å². The van der Waals surface area contributed by atoms with Crippen molar-refractivity contribution in [2.75, 3.05) is 13.2 Å². The van der Waals surface area contributed by atoms with Gasteiger partial charge in [-0.25, -0.2) is 0 Å². The average molecular weight is 219 g/mol. The fourth-order valence-corrected chi connectivity index (χ4v) is 2.01. The lowest BCUT2D eigenvalue weighted by atomic mass is 10.1. The van der Waals surface area contributed by atoms with Gasteiger partial charge in [0.05, 0.1) is 6.61 Å². The number of benzene rings is 1. The predicted octanol–water partition coefficient (Wildman–Crippen LogP) is 2.68. The first-order valence-electron chi connectivity index (χ1n) is 6.22. The SMILES string of the molecule is Cc1cccc(CCN)c1OCCC1CC1. The first-order valence-corrected chi connectivity index (χ1v) is 6.22. The maximum absolute atomic E-state index is 5.92. The van der Waals surface area contributed by atoms with E-state index in [9.17, 15) is 0 Å². The Labute approximate surface area is 97.8 Å². The molecule has 0 radical (unpaired) electrons. The molecule has 2 heteroatoms. The summed E-state index contributed by atoms with van der Waals surface area (Å²) in [4.78, 5) is 0. The maximum Gasteiger partial charge on any atom is 0.125 e. The second-order valence-electron chi connectivity index (χ2n) is 4.68. The van der Waals surface area contributed by atoms with Gasteiger partial charge in [0.2, 0.25) is 0 Å². The molecule has 0 aliphatic heterocycles. The van der Waals surface area contributed by atoms with Gasteiger partial charge in [0.25, 0.3) is 0 Å². The number of para-hydroxylation sites is 1. The summed E-state index contributed by atoms with van der Waals surface area (Å²) in [6, 6.07) is 6.30. The number of rotatable bonds is 6. The lowest BCUT2D eigenvalue weighted by Crippen LogP contribution is -2.07. The number of nitrogens with two attached hydrogens (primary N) is 1. The van der Waals surface area contributed by atoms with Gasteiger partial charge < -0.3 is 10.5 Å². The first-order chi connectivity index (χ1) is 7.81. The molecule has 2 rings (SSSR count). The van der Waals surface area contributed by atoms with Crippen LogP contribution in [-0.4, -0.2) is 13.2 Å². The van der Waals surface area contributed by atoms with Crippen LogP contribution in [0.2, 0.25) is 0 Å². The van der Waals surface area contributed by atoms with E-state index in [1.54, 1.807) is 0 Å². The predicted molar refractivity (Wildman–Crippen MR) is 66.8 cm³/mol. The van der Waals surface area contributed by atoms with Gasteiger partial charge in [0.15, 0.2) is 0 Å². The molecule has 0 saturated heterocycles. The van der Waals surface area contributed by atoms with Crippen molar-refractivity contribution in [3.63, 3.8) is 0 Å². The molecule has 0 amide bonds. The van der Waals surface area contributed by atoms with Crippen LogP contribution in [0.25, 0.3) is 0 Å². The minimum Gasteiger partial charge on any atom is -0.493 e. The van der Waals surface area contributed by atoms with Crippen LogP contribution in [0.5, 0.6) is 5.75 Å². The summed E-state index contributed by atoms with van der Waals surface area (Å²) in [6.07, 6.45) is 4.90. The highest BCUT2D eigenvalue weighted by atomic mass is 16.5. The molecule has 0 aromatic heterocycles. The molecule has 2 nitrogen and oxygen atoms in total. The normalized spacial score (nSPS) is 15.1. The van der Waals surface area contributed by atoms with E-state index < -0.39 is 0 Å². The molecule has 0 heterocycles. The molecule has 1 saturated carbocycles. The molecule has 0 spiro atoms. The van der Waals surface area contributed by atoms with Crippen molar-refractivity contribution in [1.29, 1.82) is 0 Å². The Balaban J connectivity index is 1.97. The van der Waals surface area contributed by atoms with Gasteiger partial charge in [0.1, 0.15) is 5.75 Å². The van der Waals surface area contributed by atoms with E-state index in [1.165, 1.54) is 30.4 Å². The van der Waals surface area contributed by atoms with E-state index >= 15 is 0 Å². The van der Waals surface area contributed by atoms with Crippen molar-refractivity contribution < 1.29 is 4.74 Å². The molecule has 1 aromatic rings. The third-order valence-electron chi connectivity index (χ3n) is 3.18. The van der Waals surface area contributed by atoms with Gasteiger partial charge in [0, 0.05) is 0 Å². The Kier molecular flexibility index (Phi) is 3.83. The minimum absolute atomic E-state index is 0.683. The summed E-state index contributed by atoms with van der Waals surface area (Å²) < 4.78 is 5.92. The summed E-state index contributed by atoms with van der Waals surface area (Å²) in [7, 11) is 0. The summed E-state index contributed by atoms with van der Waals surface area (Å²) >= 11 is 0. The number of hydrogen-bond acceptors (Lipinski definition) is 2. The van der Waals surface area contributed by atoms with Gasteiger partial charge in [-0.3, -0.25) is 0 Å². The van der Waals surface area contributed by atoms with Crippen LogP contribution in [0, 0.1) is 12.8 Å². The van der Waals surface area contributed by atoms with E-state index in [4.69, 9.17) is 10.5 Å². The zero-order valence-corrected chi connectivity index (χ0v) is 10.0. The van der Waals surface area contributed by atoms with Crippen LogP contribution in [-0.2, 0) is 6.42 Å². The van der Waals surface area contributed by atoms with Gasteiger partial charge >= 0.3 is 0 Å². The van der Waals surface area contributed by atoms with Gasteiger partial charge in [-0.2, -0.15) is 0 Å². The molecular weight excluding hydrogens is 198 g/mol. The highest BCUT2D eigenvalue weighted by Gasteiger charge is 2.21. The summed E-state index contributed by atoms with van der Waals surface area (Å²) in [6.45, 7) is 3.64. The molecule has 1 aliphatic rings. The van der Waals surface area contributed by atoms with E-state index in [0.29, 0.717) is 6.54 Å². The third kappa shape index (κ3) is 2.99. The van der Waals surface area contributed by atoms with Crippen molar-refractivity contribution in [2.45, 2.75) is 32.6 Å². The molecule has 2 N–H and O–H groups in total. The quantitative estimate of drug-likeness (QED) is 0.798. The van der Waals surface area contributed by atoms with Crippen molar-refractivity contribution in [3.8, 4) is 5.75 Å². The van der Waals surface area contributed by atoms with Crippen molar-refractivity contribution in [3.05, 3.63) is 29.3 Å². The molecule has 1 aromatic carbocycles. The molecule has 1 aliphatic carbocycles. The van der Waals surface area contributed by atoms with Crippen LogP contribution in [0.3, 0.4) is 0 Å². The van der Waals surface area contributed by atoms with Crippen LogP contribution in [0.1, 0.15) is 30.4 Å². The molecule has 0 unspecified atom stereocenters. The van der Waals surface area contributed by atoms with Crippen LogP contribution in [0.15, 0.2) is 18.2 Å². The lowest BCUT2D eigenvalue weighted by molar-refractivity contribution is 0.297. The number of ether oxygens (including phenoxy) is 1. The zero-order chi connectivity index (χ0) is 11.4. The zero-order valence-electron chi connectivity index (χ0n) is 10.0. The molecule has 16 heavy (non-hydrogen) atoms. The van der Waals surface area contributed by atoms with E-state index in [2.05, 4.69) is 25.1 Å². The Morgan fingerprint density at radius 2 is 2.19 bits per heavy atom. The van der Waals surface area contributed by atoms with E-state index in [-0.39, 0.29) is 0 Å². The van der Waals surface area contributed by atoms with Gasteiger partial charge in [-0.05, 0) is 43.4 Å². The number of hydrogen-bond donors (Lipinski definition) is 1. The highest BCUT2D eigenvalue weighted by Crippen LogP contribution is 2.33. The Morgan fingerprint density at radius 1 is 1.38 bits per heavy atom. The van der Waals surface area contributed by atoms with Gasteiger partial charge in [-0.15, -0.1) is 0 Å². The third-order valence-corrected chi connectivity index (χ3v) is 3.18. The largest absolute Gasteiger partial charge is 0.493 e. The monoisotopic (exact) mass is 219 g/mol. The second kappa shape index (κ2) is 5.35. The minimum atomic E-state index is 0.683. The Bertz CT molecular complexity index is 345.